The van der Waals surface area contributed by atoms with Gasteiger partial charge in [-0.3, -0.25) is 14.9 Å². The lowest BCUT2D eigenvalue weighted by atomic mass is 10.1. The zero-order valence-corrected chi connectivity index (χ0v) is 15.7. The standard InChI is InChI=1S/C18H19N3O6S/c22-18(14-1-5-16(6-2-14)21(23)24)13-19-15-3-7-17(8-4-15)28(25,26)20-9-11-27-12-10-20/h1-8,19H,9-13H2. The number of morpholine rings is 1. The molecule has 28 heavy (non-hydrogen) atoms. The van der Waals surface area contributed by atoms with Crippen molar-refractivity contribution in [2.24, 2.45) is 0 Å². The number of nitrogens with one attached hydrogen (secondary N) is 1. The molecule has 3 rings (SSSR count). The van der Waals surface area contributed by atoms with Gasteiger partial charge in [-0.1, -0.05) is 0 Å². The van der Waals surface area contributed by atoms with Crippen LogP contribution in [0.5, 0.6) is 0 Å². The highest BCUT2D eigenvalue weighted by molar-refractivity contribution is 7.89. The number of anilines is 1. The fourth-order valence-corrected chi connectivity index (χ4v) is 4.14. The summed E-state index contributed by atoms with van der Waals surface area (Å²) in [7, 11) is -3.56. The van der Waals surface area contributed by atoms with Crippen molar-refractivity contribution in [3.05, 3.63) is 64.2 Å². The minimum absolute atomic E-state index is 0.0205. The number of non-ortho nitro benzene ring substituents is 1. The third-order valence-corrected chi connectivity index (χ3v) is 6.23. The minimum Gasteiger partial charge on any atom is -0.379 e. The van der Waals surface area contributed by atoms with Crippen molar-refractivity contribution < 1.29 is 22.9 Å². The molecular formula is C18H19N3O6S. The molecule has 0 radical (unpaired) electrons. The Bertz CT molecular complexity index is 952. The van der Waals surface area contributed by atoms with Crippen LogP contribution in [0.1, 0.15) is 10.4 Å². The number of hydrogen-bond acceptors (Lipinski definition) is 7. The van der Waals surface area contributed by atoms with E-state index in [1.165, 1.54) is 40.7 Å². The third-order valence-electron chi connectivity index (χ3n) is 4.32. The summed E-state index contributed by atoms with van der Waals surface area (Å²) in [4.78, 5) is 22.5. The van der Waals surface area contributed by atoms with E-state index in [0.29, 0.717) is 37.6 Å². The van der Waals surface area contributed by atoms with Gasteiger partial charge in [-0.15, -0.1) is 0 Å². The van der Waals surface area contributed by atoms with Gasteiger partial charge in [0.05, 0.1) is 29.6 Å². The first-order valence-corrected chi connectivity index (χ1v) is 10.0. The number of hydrogen-bond donors (Lipinski definition) is 1. The van der Waals surface area contributed by atoms with Crippen LogP contribution in [0.3, 0.4) is 0 Å². The summed E-state index contributed by atoms with van der Waals surface area (Å²) in [6, 6.07) is 11.5. The average molecular weight is 405 g/mol. The summed E-state index contributed by atoms with van der Waals surface area (Å²) < 4.78 is 31.7. The van der Waals surface area contributed by atoms with Crippen molar-refractivity contribution in [1.82, 2.24) is 4.31 Å². The monoisotopic (exact) mass is 405 g/mol. The molecule has 0 bridgehead atoms. The molecule has 0 saturated carbocycles. The molecule has 148 valence electrons. The lowest BCUT2D eigenvalue weighted by Crippen LogP contribution is -2.40. The Morgan fingerprint density at radius 3 is 2.25 bits per heavy atom. The highest BCUT2D eigenvalue weighted by atomic mass is 32.2. The Hall–Kier alpha value is -2.82. The Kier molecular flexibility index (Phi) is 6.02. The van der Waals surface area contributed by atoms with E-state index >= 15 is 0 Å². The molecule has 1 aliphatic heterocycles. The molecule has 0 atom stereocenters. The van der Waals surface area contributed by atoms with Crippen LogP contribution in [-0.4, -0.2) is 56.3 Å². The molecular weight excluding hydrogens is 386 g/mol. The summed E-state index contributed by atoms with van der Waals surface area (Å²) in [6.07, 6.45) is 0. The number of Topliss-reactive ketones (excluding diaryl/α,β-unsaturated/α-hetero) is 1. The second kappa shape index (κ2) is 8.46. The molecule has 1 fully saturated rings. The maximum atomic E-state index is 12.6. The predicted molar refractivity (Wildman–Crippen MR) is 102 cm³/mol. The Morgan fingerprint density at radius 2 is 1.68 bits per heavy atom. The van der Waals surface area contributed by atoms with Gasteiger partial charge in [0.2, 0.25) is 10.0 Å². The van der Waals surface area contributed by atoms with Crippen molar-refractivity contribution in [3.63, 3.8) is 0 Å². The van der Waals surface area contributed by atoms with Gasteiger partial charge in [-0.25, -0.2) is 8.42 Å². The van der Waals surface area contributed by atoms with Gasteiger partial charge < -0.3 is 10.1 Å². The Balaban J connectivity index is 1.61. The number of rotatable bonds is 7. The largest absolute Gasteiger partial charge is 0.379 e. The van der Waals surface area contributed by atoms with E-state index in [1.54, 1.807) is 12.1 Å². The van der Waals surface area contributed by atoms with E-state index in [2.05, 4.69) is 5.32 Å². The number of nitrogens with zero attached hydrogens (tertiary/aromatic N) is 2. The zero-order valence-electron chi connectivity index (χ0n) is 14.9. The smallest absolute Gasteiger partial charge is 0.269 e. The van der Waals surface area contributed by atoms with Crippen LogP contribution in [0, 0.1) is 10.1 Å². The number of ketones is 1. The third kappa shape index (κ3) is 4.53. The minimum atomic E-state index is -3.56. The highest BCUT2D eigenvalue weighted by Gasteiger charge is 2.26. The van der Waals surface area contributed by atoms with Crippen LogP contribution in [0.25, 0.3) is 0 Å². The lowest BCUT2D eigenvalue weighted by molar-refractivity contribution is -0.384. The SMILES string of the molecule is O=C(CNc1ccc(S(=O)(=O)N2CCOCC2)cc1)c1ccc([N+](=O)[O-])cc1. The van der Waals surface area contributed by atoms with E-state index < -0.39 is 14.9 Å². The van der Waals surface area contributed by atoms with Crippen LogP contribution >= 0.6 is 0 Å². The van der Waals surface area contributed by atoms with Gasteiger partial charge >= 0.3 is 0 Å². The second-order valence-corrected chi connectivity index (χ2v) is 8.06. The van der Waals surface area contributed by atoms with Crippen LogP contribution in [0.2, 0.25) is 0 Å². The van der Waals surface area contributed by atoms with Gasteiger partial charge in [0.15, 0.2) is 5.78 Å². The van der Waals surface area contributed by atoms with Crippen molar-refractivity contribution in [2.45, 2.75) is 4.90 Å². The Morgan fingerprint density at radius 1 is 1.07 bits per heavy atom. The first-order valence-electron chi connectivity index (χ1n) is 8.57. The average Bonchev–Trinajstić information content (AvgIpc) is 2.73. The van der Waals surface area contributed by atoms with E-state index in [0.717, 1.165) is 0 Å². The quantitative estimate of drug-likeness (QED) is 0.424. The summed E-state index contributed by atoms with van der Waals surface area (Å²) in [5.74, 6) is -0.236. The number of ether oxygens (including phenoxy) is 1. The van der Waals surface area contributed by atoms with Gasteiger partial charge in [0.1, 0.15) is 0 Å². The maximum Gasteiger partial charge on any atom is 0.269 e. The van der Waals surface area contributed by atoms with Gasteiger partial charge in [-0.05, 0) is 36.4 Å². The van der Waals surface area contributed by atoms with E-state index in [-0.39, 0.29) is 22.9 Å². The summed E-state index contributed by atoms with van der Waals surface area (Å²) in [5.41, 5.74) is 0.863. The maximum absolute atomic E-state index is 12.6. The number of carbonyl (C=O) groups is 1. The van der Waals surface area contributed by atoms with Crippen LogP contribution in [0.4, 0.5) is 11.4 Å². The first-order chi connectivity index (χ1) is 13.4. The van der Waals surface area contributed by atoms with E-state index in [1.807, 2.05) is 0 Å². The van der Waals surface area contributed by atoms with E-state index in [9.17, 15) is 23.3 Å². The van der Waals surface area contributed by atoms with Crippen LogP contribution < -0.4 is 5.32 Å². The van der Waals surface area contributed by atoms with Crippen LogP contribution in [0.15, 0.2) is 53.4 Å². The van der Waals surface area contributed by atoms with Gasteiger partial charge in [0, 0.05) is 36.5 Å². The Labute approximate surface area is 162 Å². The molecule has 1 heterocycles. The van der Waals surface area contributed by atoms with Crippen molar-refractivity contribution in [3.8, 4) is 0 Å². The predicted octanol–water partition coefficient (Wildman–Crippen LogP) is 1.91. The fourth-order valence-electron chi connectivity index (χ4n) is 2.73. The zero-order chi connectivity index (χ0) is 20.1. The van der Waals surface area contributed by atoms with Gasteiger partial charge in [0.25, 0.3) is 5.69 Å². The molecule has 1 N–H and O–H groups in total. The number of nitro benzene ring substituents is 1. The molecule has 10 heteroatoms. The molecule has 2 aromatic carbocycles. The summed E-state index contributed by atoms with van der Waals surface area (Å²) >= 11 is 0. The first kappa shape index (κ1) is 19.9. The molecule has 1 aliphatic rings. The summed E-state index contributed by atoms with van der Waals surface area (Å²) in [6.45, 7) is 1.39. The molecule has 9 nitrogen and oxygen atoms in total. The molecule has 0 spiro atoms. The molecule has 0 aliphatic carbocycles. The van der Waals surface area contributed by atoms with Crippen molar-refractivity contribution >= 4 is 27.2 Å². The molecule has 1 saturated heterocycles. The molecule has 0 unspecified atom stereocenters. The van der Waals surface area contributed by atoms with Crippen molar-refractivity contribution in [1.29, 1.82) is 0 Å². The highest BCUT2D eigenvalue weighted by Crippen LogP contribution is 2.19. The van der Waals surface area contributed by atoms with Crippen molar-refractivity contribution in [2.75, 3.05) is 38.2 Å². The van der Waals surface area contributed by atoms with E-state index in [4.69, 9.17) is 4.74 Å². The topological polar surface area (TPSA) is 119 Å². The number of sulfonamides is 1. The molecule has 0 aromatic heterocycles. The fraction of sp³-hybridized carbons (Fsp3) is 0.278. The lowest BCUT2D eigenvalue weighted by Gasteiger charge is -2.26. The van der Waals surface area contributed by atoms with Crippen LogP contribution in [-0.2, 0) is 14.8 Å². The molecule has 0 amide bonds. The summed E-state index contributed by atoms with van der Waals surface area (Å²) in [5, 5.41) is 13.6. The second-order valence-electron chi connectivity index (χ2n) is 6.12. The number of carbonyl (C=O) groups excluding carboxylic acids is 1. The number of benzene rings is 2. The van der Waals surface area contributed by atoms with Gasteiger partial charge in [-0.2, -0.15) is 4.31 Å². The molecule has 2 aromatic rings. The normalized spacial score (nSPS) is 15.1. The number of nitro groups is 1.